The number of carbonyl (C=O) groups is 3. The zero-order valence-corrected chi connectivity index (χ0v) is 12.2. The number of amides is 3. The minimum Gasteiger partial charge on any atom is -0.480 e. The third-order valence-corrected chi connectivity index (χ3v) is 3.20. The van der Waals surface area contributed by atoms with Crippen molar-refractivity contribution in [2.24, 2.45) is 5.73 Å². The second kappa shape index (κ2) is 7.70. The molecule has 1 atom stereocenters. The van der Waals surface area contributed by atoms with Gasteiger partial charge in [0.1, 0.15) is 6.04 Å². The third-order valence-electron chi connectivity index (χ3n) is 2.46. The Kier molecular flexibility index (Phi) is 6.26. The molecular weight excluding hydrogens is 321 g/mol. The molecule has 1 unspecified atom stereocenters. The summed E-state index contributed by atoms with van der Waals surface area (Å²) in [5.74, 6) is -1.91. The van der Waals surface area contributed by atoms with Gasteiger partial charge in [0.2, 0.25) is 5.91 Å². The van der Waals surface area contributed by atoms with Gasteiger partial charge in [-0.15, -0.1) is 0 Å². The van der Waals surface area contributed by atoms with Gasteiger partial charge in [0.05, 0.1) is 10.0 Å². The van der Waals surface area contributed by atoms with Gasteiger partial charge >= 0.3 is 12.0 Å². The van der Waals surface area contributed by atoms with E-state index in [1.54, 1.807) is 0 Å². The molecule has 0 saturated heterocycles. The van der Waals surface area contributed by atoms with Crippen molar-refractivity contribution in [3.05, 3.63) is 28.2 Å². The molecule has 3 amide bonds. The van der Waals surface area contributed by atoms with Crippen molar-refractivity contribution in [3.63, 3.8) is 0 Å². The van der Waals surface area contributed by atoms with E-state index in [-0.39, 0.29) is 17.9 Å². The monoisotopic (exact) mass is 333 g/mol. The standard InChI is InChI=1S/C12H13Cl2N3O4/c13-7-2-1-6(5-8(7)14)16-12(21)17-9(11(19)20)3-4-10(15)18/h1-2,5,9H,3-4H2,(H2,15,18)(H,19,20)(H2,16,17,21). The summed E-state index contributed by atoms with van der Waals surface area (Å²) in [6.07, 6.45) is -0.247. The van der Waals surface area contributed by atoms with Crippen LogP contribution in [0.5, 0.6) is 0 Å². The van der Waals surface area contributed by atoms with Crippen molar-refractivity contribution in [1.29, 1.82) is 0 Å². The summed E-state index contributed by atoms with van der Waals surface area (Å²) in [6, 6.07) is 2.45. The predicted octanol–water partition coefficient (Wildman–Crippen LogP) is 1.83. The van der Waals surface area contributed by atoms with E-state index in [1.807, 2.05) is 0 Å². The van der Waals surface area contributed by atoms with Crippen molar-refractivity contribution in [2.75, 3.05) is 5.32 Å². The van der Waals surface area contributed by atoms with E-state index >= 15 is 0 Å². The Balaban J connectivity index is 2.62. The van der Waals surface area contributed by atoms with E-state index in [9.17, 15) is 14.4 Å². The number of carbonyl (C=O) groups excluding carboxylic acids is 2. The molecule has 0 saturated carbocycles. The topological polar surface area (TPSA) is 122 Å². The van der Waals surface area contributed by atoms with E-state index in [0.29, 0.717) is 10.7 Å². The molecular formula is C12H13Cl2N3O4. The van der Waals surface area contributed by atoms with E-state index in [0.717, 1.165) is 0 Å². The highest BCUT2D eigenvalue weighted by atomic mass is 35.5. The molecule has 1 aromatic rings. The van der Waals surface area contributed by atoms with Crippen LogP contribution in [-0.2, 0) is 9.59 Å². The molecule has 0 radical (unpaired) electrons. The summed E-state index contributed by atoms with van der Waals surface area (Å²) in [5, 5.41) is 14.2. The maximum absolute atomic E-state index is 11.7. The number of carboxylic acid groups (broad SMARTS) is 1. The molecule has 0 heterocycles. The SMILES string of the molecule is NC(=O)CCC(NC(=O)Nc1ccc(Cl)c(Cl)c1)C(=O)O. The third kappa shape index (κ3) is 5.88. The first-order chi connectivity index (χ1) is 9.79. The van der Waals surface area contributed by atoms with Crippen LogP contribution in [0.15, 0.2) is 18.2 Å². The molecule has 0 aliphatic heterocycles. The Morgan fingerprint density at radius 2 is 1.90 bits per heavy atom. The maximum atomic E-state index is 11.7. The fourth-order valence-electron chi connectivity index (χ4n) is 1.44. The van der Waals surface area contributed by atoms with Crippen LogP contribution in [0.1, 0.15) is 12.8 Å². The van der Waals surface area contributed by atoms with Crippen LogP contribution < -0.4 is 16.4 Å². The Morgan fingerprint density at radius 3 is 2.43 bits per heavy atom. The number of nitrogens with two attached hydrogens (primary N) is 1. The van der Waals surface area contributed by atoms with Crippen molar-refractivity contribution >= 4 is 46.8 Å². The first-order valence-corrected chi connectivity index (χ1v) is 6.59. The van der Waals surface area contributed by atoms with Gasteiger partial charge in [-0.2, -0.15) is 0 Å². The molecule has 0 fully saturated rings. The van der Waals surface area contributed by atoms with Gasteiger partial charge < -0.3 is 21.5 Å². The van der Waals surface area contributed by atoms with Gasteiger partial charge in [0, 0.05) is 12.1 Å². The number of urea groups is 1. The Labute approximate surface area is 130 Å². The Hall–Kier alpha value is -1.99. The zero-order chi connectivity index (χ0) is 16.0. The van der Waals surface area contributed by atoms with Gasteiger partial charge in [-0.25, -0.2) is 9.59 Å². The number of aliphatic carboxylic acids is 1. The summed E-state index contributed by atoms with van der Waals surface area (Å²) in [4.78, 5) is 33.3. The van der Waals surface area contributed by atoms with Gasteiger partial charge in [0.15, 0.2) is 0 Å². The molecule has 1 rings (SSSR count). The van der Waals surface area contributed by atoms with Crippen LogP contribution >= 0.6 is 23.2 Å². The normalized spacial score (nSPS) is 11.5. The highest BCUT2D eigenvalue weighted by Crippen LogP contribution is 2.24. The van der Waals surface area contributed by atoms with Gasteiger partial charge in [-0.1, -0.05) is 23.2 Å². The predicted molar refractivity (Wildman–Crippen MR) is 78.5 cm³/mol. The van der Waals surface area contributed by atoms with E-state index < -0.39 is 23.9 Å². The Bertz CT molecular complexity index is 565. The van der Waals surface area contributed by atoms with Crippen molar-refractivity contribution in [2.45, 2.75) is 18.9 Å². The summed E-state index contributed by atoms with van der Waals surface area (Å²) < 4.78 is 0. The zero-order valence-electron chi connectivity index (χ0n) is 10.7. The number of hydrogen-bond acceptors (Lipinski definition) is 3. The number of anilines is 1. The fraction of sp³-hybridized carbons (Fsp3) is 0.250. The summed E-state index contributed by atoms with van der Waals surface area (Å²) in [7, 11) is 0. The average Bonchev–Trinajstić information content (AvgIpc) is 2.38. The number of primary amides is 1. The quantitative estimate of drug-likeness (QED) is 0.634. The summed E-state index contributed by atoms with van der Waals surface area (Å²) >= 11 is 11.5. The van der Waals surface area contributed by atoms with Gasteiger partial charge in [-0.3, -0.25) is 4.79 Å². The van der Waals surface area contributed by atoms with Crippen LogP contribution in [0.2, 0.25) is 10.0 Å². The fourth-order valence-corrected chi connectivity index (χ4v) is 1.74. The lowest BCUT2D eigenvalue weighted by atomic mass is 10.1. The minimum absolute atomic E-state index is 0.0978. The number of halogens is 2. The van der Waals surface area contributed by atoms with Crippen molar-refractivity contribution < 1.29 is 19.5 Å². The Morgan fingerprint density at radius 1 is 1.24 bits per heavy atom. The molecule has 0 aliphatic rings. The molecule has 21 heavy (non-hydrogen) atoms. The van der Waals surface area contributed by atoms with Crippen LogP contribution in [0, 0.1) is 0 Å². The summed E-state index contributed by atoms with van der Waals surface area (Å²) in [6.45, 7) is 0. The lowest BCUT2D eigenvalue weighted by Gasteiger charge is -2.14. The number of nitrogens with one attached hydrogen (secondary N) is 2. The number of hydrogen-bond donors (Lipinski definition) is 4. The first kappa shape index (κ1) is 17.1. The second-order valence-corrected chi connectivity index (χ2v) is 4.94. The molecule has 0 aromatic heterocycles. The highest BCUT2D eigenvalue weighted by molar-refractivity contribution is 6.42. The average molecular weight is 334 g/mol. The van der Waals surface area contributed by atoms with Crippen LogP contribution in [0.3, 0.4) is 0 Å². The molecule has 1 aromatic carbocycles. The largest absolute Gasteiger partial charge is 0.480 e. The van der Waals surface area contributed by atoms with Crippen LogP contribution in [0.25, 0.3) is 0 Å². The number of rotatable bonds is 6. The van der Waals surface area contributed by atoms with E-state index in [4.69, 9.17) is 34.0 Å². The van der Waals surface area contributed by atoms with Gasteiger partial charge in [-0.05, 0) is 24.6 Å². The lowest BCUT2D eigenvalue weighted by molar-refractivity contribution is -0.139. The molecule has 7 nitrogen and oxygen atoms in total. The molecule has 9 heteroatoms. The van der Waals surface area contributed by atoms with E-state index in [2.05, 4.69) is 10.6 Å². The highest BCUT2D eigenvalue weighted by Gasteiger charge is 2.20. The lowest BCUT2D eigenvalue weighted by Crippen LogP contribution is -2.43. The van der Waals surface area contributed by atoms with Crippen molar-refractivity contribution in [3.8, 4) is 0 Å². The molecule has 0 spiro atoms. The van der Waals surface area contributed by atoms with E-state index in [1.165, 1.54) is 18.2 Å². The molecule has 0 aliphatic carbocycles. The second-order valence-electron chi connectivity index (χ2n) is 4.12. The van der Waals surface area contributed by atoms with Crippen molar-refractivity contribution in [1.82, 2.24) is 5.32 Å². The summed E-state index contributed by atoms with van der Waals surface area (Å²) in [5.41, 5.74) is 5.29. The van der Waals surface area contributed by atoms with Crippen LogP contribution in [0.4, 0.5) is 10.5 Å². The molecule has 5 N–H and O–H groups in total. The first-order valence-electron chi connectivity index (χ1n) is 5.83. The van der Waals surface area contributed by atoms with Crippen LogP contribution in [-0.4, -0.2) is 29.1 Å². The minimum atomic E-state index is -1.26. The number of benzene rings is 1. The van der Waals surface area contributed by atoms with Gasteiger partial charge in [0.25, 0.3) is 0 Å². The molecule has 114 valence electrons. The molecule has 0 bridgehead atoms. The smallest absolute Gasteiger partial charge is 0.326 e. The number of carboxylic acids is 1. The maximum Gasteiger partial charge on any atom is 0.326 e.